The van der Waals surface area contributed by atoms with Crippen molar-refractivity contribution in [1.29, 1.82) is 0 Å². The van der Waals surface area contributed by atoms with Crippen LogP contribution in [0.2, 0.25) is 5.15 Å². The SMILES string of the molecule is CCOC(=O)C#Cc1cc(N)cnc1Cl. The van der Waals surface area contributed by atoms with Gasteiger partial charge in [-0.3, -0.25) is 0 Å². The number of nitrogens with two attached hydrogens (primary N) is 1. The van der Waals surface area contributed by atoms with E-state index in [1.807, 2.05) is 0 Å². The molecule has 1 heterocycles. The molecule has 0 radical (unpaired) electrons. The molecule has 4 nitrogen and oxygen atoms in total. The molecule has 1 aromatic heterocycles. The second-order valence-corrected chi connectivity index (χ2v) is 2.94. The molecular weight excluding hydrogens is 216 g/mol. The molecule has 0 amide bonds. The zero-order valence-electron chi connectivity index (χ0n) is 8.08. The van der Waals surface area contributed by atoms with Gasteiger partial charge in [-0.1, -0.05) is 17.5 Å². The third kappa shape index (κ3) is 3.49. The van der Waals surface area contributed by atoms with E-state index in [2.05, 4.69) is 21.6 Å². The Hall–Kier alpha value is -1.73. The molecule has 1 rings (SSSR count). The fourth-order valence-electron chi connectivity index (χ4n) is 0.837. The van der Waals surface area contributed by atoms with E-state index in [9.17, 15) is 4.79 Å². The van der Waals surface area contributed by atoms with Crippen LogP contribution in [0.15, 0.2) is 12.3 Å². The highest BCUT2D eigenvalue weighted by atomic mass is 35.5. The highest BCUT2D eigenvalue weighted by Crippen LogP contribution is 2.13. The number of pyridine rings is 1. The van der Waals surface area contributed by atoms with Crippen LogP contribution in [0.5, 0.6) is 0 Å². The molecule has 15 heavy (non-hydrogen) atoms. The maximum absolute atomic E-state index is 10.9. The van der Waals surface area contributed by atoms with Crippen LogP contribution in [0.1, 0.15) is 12.5 Å². The Morgan fingerprint density at radius 2 is 2.47 bits per heavy atom. The third-order valence-electron chi connectivity index (χ3n) is 1.43. The summed E-state index contributed by atoms with van der Waals surface area (Å²) in [6.45, 7) is 1.99. The topological polar surface area (TPSA) is 65.2 Å². The molecule has 0 spiro atoms. The van der Waals surface area contributed by atoms with Crippen molar-refractivity contribution in [2.45, 2.75) is 6.92 Å². The van der Waals surface area contributed by atoms with Crippen molar-refractivity contribution in [2.24, 2.45) is 0 Å². The minimum Gasteiger partial charge on any atom is -0.456 e. The number of nitrogens with zero attached hydrogens (tertiary/aromatic N) is 1. The van der Waals surface area contributed by atoms with E-state index >= 15 is 0 Å². The summed E-state index contributed by atoms with van der Waals surface area (Å²) >= 11 is 5.74. The highest BCUT2D eigenvalue weighted by Gasteiger charge is 1.99. The van der Waals surface area contributed by atoms with Crippen molar-refractivity contribution < 1.29 is 9.53 Å². The fourth-order valence-corrected chi connectivity index (χ4v) is 0.988. The molecule has 0 saturated heterocycles. The van der Waals surface area contributed by atoms with Crippen LogP contribution in [0.3, 0.4) is 0 Å². The summed E-state index contributed by atoms with van der Waals surface area (Å²) in [7, 11) is 0. The number of anilines is 1. The number of nitrogen functional groups attached to an aromatic ring is 1. The van der Waals surface area contributed by atoms with Crippen molar-refractivity contribution in [3.05, 3.63) is 23.0 Å². The molecule has 0 unspecified atom stereocenters. The normalized spacial score (nSPS) is 8.93. The van der Waals surface area contributed by atoms with Gasteiger partial charge in [0.2, 0.25) is 0 Å². The van der Waals surface area contributed by atoms with Crippen molar-refractivity contribution in [2.75, 3.05) is 12.3 Å². The molecule has 0 aliphatic rings. The molecule has 0 aliphatic carbocycles. The van der Waals surface area contributed by atoms with Crippen LogP contribution in [0, 0.1) is 11.8 Å². The van der Waals surface area contributed by atoms with E-state index in [4.69, 9.17) is 17.3 Å². The lowest BCUT2D eigenvalue weighted by atomic mass is 10.2. The summed E-state index contributed by atoms with van der Waals surface area (Å²) in [5.41, 5.74) is 6.33. The predicted molar refractivity (Wildman–Crippen MR) is 57.2 cm³/mol. The summed E-state index contributed by atoms with van der Waals surface area (Å²) in [6, 6.07) is 1.54. The number of rotatable bonds is 1. The standard InChI is InChI=1S/C10H9ClN2O2/c1-2-15-9(14)4-3-7-5-8(12)6-13-10(7)11/h5-6H,2,12H2,1H3. The molecule has 2 N–H and O–H groups in total. The first-order chi connectivity index (χ1) is 7.13. The number of hydrogen-bond acceptors (Lipinski definition) is 4. The van der Waals surface area contributed by atoms with Gasteiger partial charge in [0.05, 0.1) is 24.1 Å². The summed E-state index contributed by atoms with van der Waals surface area (Å²) in [5.74, 6) is 4.22. The molecule has 0 saturated carbocycles. The average molecular weight is 225 g/mol. The summed E-state index contributed by atoms with van der Waals surface area (Å²) in [5, 5.41) is 0.209. The van der Waals surface area contributed by atoms with Crippen molar-refractivity contribution in [1.82, 2.24) is 4.98 Å². The zero-order valence-corrected chi connectivity index (χ0v) is 8.84. The number of carbonyl (C=O) groups is 1. The van der Waals surface area contributed by atoms with Gasteiger partial charge < -0.3 is 10.5 Å². The number of esters is 1. The van der Waals surface area contributed by atoms with Gasteiger partial charge >= 0.3 is 5.97 Å². The summed E-state index contributed by atoms with van der Waals surface area (Å²) in [4.78, 5) is 14.7. The van der Waals surface area contributed by atoms with E-state index in [0.29, 0.717) is 11.3 Å². The van der Waals surface area contributed by atoms with Gasteiger partial charge in [-0.25, -0.2) is 9.78 Å². The number of aromatic nitrogens is 1. The Morgan fingerprint density at radius 3 is 3.13 bits per heavy atom. The van der Waals surface area contributed by atoms with Crippen LogP contribution >= 0.6 is 11.6 Å². The molecule has 0 bridgehead atoms. The van der Waals surface area contributed by atoms with Crippen LogP contribution in [-0.4, -0.2) is 17.6 Å². The van der Waals surface area contributed by atoms with Gasteiger partial charge in [0, 0.05) is 5.92 Å². The van der Waals surface area contributed by atoms with E-state index < -0.39 is 5.97 Å². The molecule has 1 aromatic rings. The lowest BCUT2D eigenvalue weighted by Crippen LogP contribution is -1.99. The number of ether oxygens (including phenoxy) is 1. The van der Waals surface area contributed by atoms with Crippen LogP contribution in [0.25, 0.3) is 0 Å². The average Bonchev–Trinajstić information content (AvgIpc) is 2.20. The van der Waals surface area contributed by atoms with Gasteiger partial charge in [0.1, 0.15) is 5.15 Å². The molecule has 0 aliphatic heterocycles. The van der Waals surface area contributed by atoms with Gasteiger partial charge in [-0.05, 0) is 13.0 Å². The quantitative estimate of drug-likeness (QED) is 0.443. The fraction of sp³-hybridized carbons (Fsp3) is 0.200. The number of halogens is 1. The monoisotopic (exact) mass is 224 g/mol. The second-order valence-electron chi connectivity index (χ2n) is 2.58. The van der Waals surface area contributed by atoms with Crippen LogP contribution in [0.4, 0.5) is 5.69 Å². The largest absolute Gasteiger partial charge is 0.456 e. The smallest absolute Gasteiger partial charge is 0.384 e. The van der Waals surface area contributed by atoms with E-state index in [-0.39, 0.29) is 11.8 Å². The predicted octanol–water partition coefficient (Wildman–Crippen LogP) is 1.23. The van der Waals surface area contributed by atoms with Crippen molar-refractivity contribution >= 4 is 23.3 Å². The molecule has 0 atom stereocenters. The van der Waals surface area contributed by atoms with Crippen molar-refractivity contribution in [3.8, 4) is 11.8 Å². The van der Waals surface area contributed by atoms with E-state index in [1.165, 1.54) is 6.20 Å². The van der Waals surface area contributed by atoms with Gasteiger partial charge in [0.25, 0.3) is 0 Å². The maximum atomic E-state index is 10.9. The highest BCUT2D eigenvalue weighted by molar-refractivity contribution is 6.30. The minimum atomic E-state index is -0.601. The first-order valence-electron chi connectivity index (χ1n) is 4.23. The molecule has 5 heteroatoms. The molecule has 0 fully saturated rings. The number of carbonyl (C=O) groups excluding carboxylic acids is 1. The van der Waals surface area contributed by atoms with E-state index in [1.54, 1.807) is 13.0 Å². The zero-order chi connectivity index (χ0) is 11.3. The Morgan fingerprint density at radius 1 is 1.73 bits per heavy atom. The minimum absolute atomic E-state index is 0.209. The maximum Gasteiger partial charge on any atom is 0.384 e. The molecule has 78 valence electrons. The number of hydrogen-bond donors (Lipinski definition) is 1. The van der Waals surface area contributed by atoms with Gasteiger partial charge in [-0.15, -0.1) is 0 Å². The summed E-state index contributed by atoms with van der Waals surface area (Å²) < 4.78 is 4.63. The Balaban J connectivity index is 2.88. The molecule has 0 aromatic carbocycles. The third-order valence-corrected chi connectivity index (χ3v) is 1.74. The van der Waals surface area contributed by atoms with E-state index in [0.717, 1.165) is 0 Å². The van der Waals surface area contributed by atoms with Crippen molar-refractivity contribution in [3.63, 3.8) is 0 Å². The van der Waals surface area contributed by atoms with Gasteiger partial charge in [0.15, 0.2) is 0 Å². The van der Waals surface area contributed by atoms with Crippen LogP contribution < -0.4 is 5.73 Å². The second kappa shape index (κ2) is 5.23. The Bertz CT molecular complexity index is 435. The first kappa shape index (κ1) is 11.3. The summed E-state index contributed by atoms with van der Waals surface area (Å²) in [6.07, 6.45) is 1.41. The lowest BCUT2D eigenvalue weighted by Gasteiger charge is -1.96. The molecular formula is C10H9ClN2O2. The Kier molecular flexibility index (Phi) is 3.95. The lowest BCUT2D eigenvalue weighted by molar-refractivity contribution is -0.136. The van der Waals surface area contributed by atoms with Crippen LogP contribution in [-0.2, 0) is 9.53 Å². The van der Waals surface area contributed by atoms with Gasteiger partial charge in [-0.2, -0.15) is 0 Å². The Labute approximate surface area is 92.4 Å². The first-order valence-corrected chi connectivity index (χ1v) is 4.61.